The van der Waals surface area contributed by atoms with Crippen LogP contribution in [0.2, 0.25) is 0 Å². The third-order valence-corrected chi connectivity index (χ3v) is 4.48. The zero-order valence-corrected chi connectivity index (χ0v) is 12.3. The molecule has 2 fully saturated rings. The number of aliphatic carboxylic acids is 1. The molecule has 2 N–H and O–H groups in total. The molecule has 1 aliphatic heterocycles. The maximum Gasteiger partial charge on any atom is 0.325 e. The van der Waals surface area contributed by atoms with E-state index in [0.29, 0.717) is 19.3 Å². The molecule has 3 amide bonds. The lowest BCUT2D eigenvalue weighted by atomic mass is 10.0. The summed E-state index contributed by atoms with van der Waals surface area (Å²) >= 11 is 0. The third kappa shape index (κ3) is 2.56. The fourth-order valence-corrected chi connectivity index (χ4v) is 3.11. The first-order valence-corrected chi connectivity index (χ1v) is 7.39. The van der Waals surface area contributed by atoms with E-state index in [9.17, 15) is 14.4 Å². The molecule has 1 saturated carbocycles. The van der Waals surface area contributed by atoms with Gasteiger partial charge in [0.05, 0.1) is 5.92 Å². The topological polar surface area (TPSA) is 86.7 Å². The van der Waals surface area contributed by atoms with Crippen LogP contribution in [-0.2, 0) is 16.0 Å². The molecule has 3 atom stereocenters. The lowest BCUT2D eigenvalue weighted by Gasteiger charge is -2.22. The maximum absolute atomic E-state index is 12.0. The fourth-order valence-electron chi connectivity index (χ4n) is 3.11. The summed E-state index contributed by atoms with van der Waals surface area (Å²) in [6.07, 6.45) is 1.61. The molecular formula is C16H18N2O4. The Hall–Kier alpha value is -2.37. The largest absolute Gasteiger partial charge is 0.481 e. The van der Waals surface area contributed by atoms with Crippen molar-refractivity contribution >= 4 is 17.9 Å². The number of carboxylic acid groups (broad SMARTS) is 1. The minimum atomic E-state index is -0.908. The Bertz CT molecular complexity index is 643. The highest BCUT2D eigenvalue weighted by molar-refractivity contribution is 6.04. The SMILES string of the molecule is Cc1ccccc1CCC1C(=O)NC(=O)N1C1CC1C(=O)O. The second-order valence-electron chi connectivity index (χ2n) is 5.93. The number of amides is 3. The zero-order chi connectivity index (χ0) is 15.9. The van der Waals surface area contributed by atoms with E-state index in [1.807, 2.05) is 31.2 Å². The van der Waals surface area contributed by atoms with Gasteiger partial charge >= 0.3 is 12.0 Å². The summed E-state index contributed by atoms with van der Waals surface area (Å²) in [4.78, 5) is 36.3. The molecule has 6 heteroatoms. The van der Waals surface area contributed by atoms with E-state index in [-0.39, 0.29) is 11.9 Å². The molecule has 3 rings (SSSR count). The predicted octanol–water partition coefficient (Wildman–Crippen LogP) is 1.32. The normalized spacial score (nSPS) is 27.0. The Morgan fingerprint density at radius 1 is 1.36 bits per heavy atom. The first kappa shape index (κ1) is 14.6. The van der Waals surface area contributed by atoms with Crippen LogP contribution >= 0.6 is 0 Å². The molecule has 1 heterocycles. The Morgan fingerprint density at radius 2 is 2.09 bits per heavy atom. The fraction of sp³-hybridized carbons (Fsp3) is 0.438. The van der Waals surface area contributed by atoms with Gasteiger partial charge in [-0.1, -0.05) is 24.3 Å². The molecule has 1 saturated heterocycles. The number of aryl methyl sites for hydroxylation is 2. The summed E-state index contributed by atoms with van der Waals surface area (Å²) in [5.74, 6) is -1.78. The number of nitrogens with zero attached hydrogens (tertiary/aromatic N) is 1. The number of carbonyl (C=O) groups excluding carboxylic acids is 2. The predicted molar refractivity (Wildman–Crippen MR) is 78.2 cm³/mol. The van der Waals surface area contributed by atoms with Gasteiger partial charge in [0.1, 0.15) is 6.04 Å². The van der Waals surface area contributed by atoms with Gasteiger partial charge in [0.2, 0.25) is 0 Å². The number of urea groups is 1. The van der Waals surface area contributed by atoms with E-state index < -0.39 is 24.0 Å². The van der Waals surface area contributed by atoms with E-state index in [4.69, 9.17) is 5.11 Å². The Labute approximate surface area is 128 Å². The Kier molecular flexibility index (Phi) is 3.60. The van der Waals surface area contributed by atoms with Crippen LogP contribution in [0.25, 0.3) is 0 Å². The molecule has 0 radical (unpaired) electrons. The van der Waals surface area contributed by atoms with Crippen molar-refractivity contribution in [3.05, 3.63) is 35.4 Å². The Morgan fingerprint density at radius 3 is 2.73 bits per heavy atom. The van der Waals surface area contributed by atoms with Crippen molar-refractivity contribution in [1.82, 2.24) is 10.2 Å². The van der Waals surface area contributed by atoms with E-state index in [0.717, 1.165) is 11.1 Å². The van der Waals surface area contributed by atoms with E-state index in [2.05, 4.69) is 5.32 Å². The van der Waals surface area contributed by atoms with Gasteiger partial charge in [-0.05, 0) is 37.3 Å². The highest BCUT2D eigenvalue weighted by atomic mass is 16.4. The van der Waals surface area contributed by atoms with Crippen LogP contribution in [0, 0.1) is 12.8 Å². The summed E-state index contributed by atoms with van der Waals surface area (Å²) in [6, 6.07) is 6.53. The van der Waals surface area contributed by atoms with Crippen molar-refractivity contribution in [2.24, 2.45) is 5.92 Å². The second-order valence-corrected chi connectivity index (χ2v) is 5.93. The number of carboxylic acids is 1. The van der Waals surface area contributed by atoms with Gasteiger partial charge in [-0.3, -0.25) is 14.9 Å². The average Bonchev–Trinajstić information content (AvgIpc) is 3.19. The van der Waals surface area contributed by atoms with Crippen LogP contribution in [0.1, 0.15) is 24.0 Å². The third-order valence-electron chi connectivity index (χ3n) is 4.48. The van der Waals surface area contributed by atoms with E-state index in [1.54, 1.807) is 0 Å². The van der Waals surface area contributed by atoms with Gasteiger partial charge in [0.25, 0.3) is 5.91 Å². The molecule has 1 aliphatic carbocycles. The van der Waals surface area contributed by atoms with Crippen LogP contribution in [0.4, 0.5) is 4.79 Å². The minimum Gasteiger partial charge on any atom is -0.481 e. The highest BCUT2D eigenvalue weighted by Crippen LogP contribution is 2.39. The van der Waals surface area contributed by atoms with Gasteiger partial charge < -0.3 is 10.0 Å². The van der Waals surface area contributed by atoms with Crippen LogP contribution in [0.15, 0.2) is 24.3 Å². The minimum absolute atomic E-state index is 0.324. The van der Waals surface area contributed by atoms with Crippen molar-refractivity contribution in [1.29, 1.82) is 0 Å². The molecule has 0 bridgehead atoms. The molecule has 116 valence electrons. The van der Waals surface area contributed by atoms with Gasteiger partial charge in [0.15, 0.2) is 0 Å². The zero-order valence-electron chi connectivity index (χ0n) is 12.3. The van der Waals surface area contributed by atoms with Crippen molar-refractivity contribution < 1.29 is 19.5 Å². The number of hydrogen-bond acceptors (Lipinski definition) is 3. The first-order chi connectivity index (χ1) is 10.5. The smallest absolute Gasteiger partial charge is 0.325 e. The maximum atomic E-state index is 12.0. The number of benzene rings is 1. The second kappa shape index (κ2) is 5.44. The van der Waals surface area contributed by atoms with E-state index in [1.165, 1.54) is 4.90 Å². The highest BCUT2D eigenvalue weighted by Gasteiger charge is 2.54. The summed E-state index contributed by atoms with van der Waals surface area (Å²) in [6.45, 7) is 2.01. The van der Waals surface area contributed by atoms with Crippen molar-refractivity contribution in [2.45, 2.75) is 38.3 Å². The lowest BCUT2D eigenvalue weighted by Crippen LogP contribution is -2.38. The molecule has 0 spiro atoms. The summed E-state index contributed by atoms with van der Waals surface area (Å²) in [5, 5.41) is 11.3. The van der Waals surface area contributed by atoms with Crippen LogP contribution < -0.4 is 5.32 Å². The summed E-state index contributed by atoms with van der Waals surface area (Å²) in [7, 11) is 0. The van der Waals surface area contributed by atoms with Crippen LogP contribution in [0.3, 0.4) is 0 Å². The number of imide groups is 1. The molecule has 1 aromatic rings. The Balaban J connectivity index is 1.71. The summed E-state index contributed by atoms with van der Waals surface area (Å²) in [5.41, 5.74) is 2.29. The number of nitrogens with one attached hydrogen (secondary N) is 1. The summed E-state index contributed by atoms with van der Waals surface area (Å²) < 4.78 is 0. The van der Waals surface area contributed by atoms with Crippen molar-refractivity contribution in [3.63, 3.8) is 0 Å². The molecule has 1 aromatic carbocycles. The van der Waals surface area contributed by atoms with Gasteiger partial charge in [-0.15, -0.1) is 0 Å². The molecule has 0 aromatic heterocycles. The monoisotopic (exact) mass is 302 g/mol. The molecule has 22 heavy (non-hydrogen) atoms. The number of carbonyl (C=O) groups is 3. The van der Waals surface area contributed by atoms with Crippen molar-refractivity contribution in [2.75, 3.05) is 0 Å². The average molecular weight is 302 g/mol. The number of rotatable bonds is 5. The first-order valence-electron chi connectivity index (χ1n) is 7.39. The number of hydrogen-bond donors (Lipinski definition) is 2. The molecular weight excluding hydrogens is 284 g/mol. The van der Waals surface area contributed by atoms with Gasteiger partial charge in [0, 0.05) is 6.04 Å². The standard InChI is InChI=1S/C16H18N2O4/c1-9-4-2-3-5-10(9)6-7-12-14(19)17-16(22)18(12)13-8-11(13)15(20)21/h2-5,11-13H,6-8H2,1H3,(H,20,21)(H,17,19,22). The van der Waals surface area contributed by atoms with Crippen LogP contribution in [0.5, 0.6) is 0 Å². The molecule has 3 unspecified atom stereocenters. The lowest BCUT2D eigenvalue weighted by molar-refractivity contribution is -0.139. The van der Waals surface area contributed by atoms with Crippen molar-refractivity contribution in [3.8, 4) is 0 Å². The molecule has 6 nitrogen and oxygen atoms in total. The quantitative estimate of drug-likeness (QED) is 0.803. The molecule has 2 aliphatic rings. The van der Waals surface area contributed by atoms with Crippen LogP contribution in [-0.4, -0.2) is 40.0 Å². The van der Waals surface area contributed by atoms with E-state index >= 15 is 0 Å². The van der Waals surface area contributed by atoms with Gasteiger partial charge in [-0.2, -0.15) is 0 Å². The van der Waals surface area contributed by atoms with Gasteiger partial charge in [-0.25, -0.2) is 4.79 Å².